The number of benzene rings is 2. The Morgan fingerprint density at radius 2 is 1.93 bits per heavy atom. The first-order valence-corrected chi connectivity index (χ1v) is 10.7. The topological polar surface area (TPSA) is 81.9 Å². The number of rotatable bonds is 7. The molecule has 3 rings (SSSR count). The van der Waals surface area contributed by atoms with Gasteiger partial charge in [0.1, 0.15) is 0 Å². The van der Waals surface area contributed by atoms with Crippen LogP contribution in [-0.4, -0.2) is 29.3 Å². The molecule has 2 N–H and O–H groups in total. The maximum atomic E-state index is 12.9. The number of anilines is 1. The van der Waals surface area contributed by atoms with E-state index in [0.29, 0.717) is 48.6 Å². The normalized spacial score (nSPS) is 15.0. The van der Waals surface area contributed by atoms with Crippen molar-refractivity contribution in [2.75, 3.05) is 18.1 Å². The van der Waals surface area contributed by atoms with E-state index in [9.17, 15) is 9.59 Å². The molecule has 0 bridgehead atoms. The molecule has 2 amide bonds. The van der Waals surface area contributed by atoms with E-state index in [1.165, 1.54) is 16.7 Å². The SMILES string of the molecule is CCOc1cc(/C=C2/SC(=S)N(c3ccc(Cl)c(Cl)c3)C2=O)ccc1OCC(N)=O. The quantitative estimate of drug-likeness (QED) is 0.456. The van der Waals surface area contributed by atoms with Gasteiger partial charge >= 0.3 is 0 Å². The summed E-state index contributed by atoms with van der Waals surface area (Å²) in [6.45, 7) is 1.96. The van der Waals surface area contributed by atoms with E-state index >= 15 is 0 Å². The number of thiocarbonyl (C=S) groups is 1. The van der Waals surface area contributed by atoms with Crippen molar-refractivity contribution in [2.24, 2.45) is 5.73 Å². The van der Waals surface area contributed by atoms with Crippen LogP contribution in [0.2, 0.25) is 10.0 Å². The summed E-state index contributed by atoms with van der Waals surface area (Å²) >= 11 is 18.6. The summed E-state index contributed by atoms with van der Waals surface area (Å²) in [4.78, 5) is 25.8. The average molecular weight is 483 g/mol. The monoisotopic (exact) mass is 482 g/mol. The third-order valence-electron chi connectivity index (χ3n) is 3.89. The highest BCUT2D eigenvalue weighted by molar-refractivity contribution is 8.27. The van der Waals surface area contributed by atoms with E-state index < -0.39 is 5.91 Å². The molecule has 0 spiro atoms. The molecule has 0 aliphatic carbocycles. The van der Waals surface area contributed by atoms with Gasteiger partial charge in [-0.3, -0.25) is 14.5 Å². The average Bonchev–Trinajstić information content (AvgIpc) is 2.97. The van der Waals surface area contributed by atoms with Crippen molar-refractivity contribution >= 4 is 75.1 Å². The standard InChI is InChI=1S/C20H16Cl2N2O4S2/c1-2-27-16-7-11(3-6-15(16)28-10-18(23)25)8-17-19(26)24(20(29)30-17)12-4-5-13(21)14(22)9-12/h3-9H,2,10H2,1H3,(H2,23,25)/b17-8+. The molecular weight excluding hydrogens is 467 g/mol. The molecule has 1 fully saturated rings. The number of carbonyl (C=O) groups excluding carboxylic acids is 2. The van der Waals surface area contributed by atoms with Gasteiger partial charge in [0.15, 0.2) is 22.4 Å². The van der Waals surface area contributed by atoms with E-state index in [-0.39, 0.29) is 12.5 Å². The van der Waals surface area contributed by atoms with Gasteiger partial charge < -0.3 is 15.2 Å². The van der Waals surface area contributed by atoms with Gasteiger partial charge in [0.2, 0.25) is 0 Å². The highest BCUT2D eigenvalue weighted by Gasteiger charge is 2.33. The minimum Gasteiger partial charge on any atom is -0.490 e. The van der Waals surface area contributed by atoms with E-state index in [4.69, 9.17) is 50.6 Å². The maximum absolute atomic E-state index is 12.9. The zero-order valence-corrected chi connectivity index (χ0v) is 18.8. The Kier molecular flexibility index (Phi) is 7.25. The molecule has 1 saturated heterocycles. The Bertz CT molecular complexity index is 1060. The van der Waals surface area contributed by atoms with Crippen LogP contribution in [0, 0.1) is 0 Å². The van der Waals surface area contributed by atoms with Gasteiger partial charge in [-0.1, -0.05) is 53.2 Å². The van der Waals surface area contributed by atoms with Gasteiger partial charge in [-0.2, -0.15) is 0 Å². The van der Waals surface area contributed by atoms with Crippen LogP contribution in [0.3, 0.4) is 0 Å². The molecule has 0 saturated carbocycles. The molecule has 0 aromatic heterocycles. The van der Waals surface area contributed by atoms with Gasteiger partial charge in [0, 0.05) is 0 Å². The van der Waals surface area contributed by atoms with Crippen LogP contribution in [0.15, 0.2) is 41.3 Å². The summed E-state index contributed by atoms with van der Waals surface area (Å²) in [6.07, 6.45) is 1.71. The van der Waals surface area contributed by atoms with Gasteiger partial charge in [0.25, 0.3) is 11.8 Å². The molecule has 0 atom stereocenters. The number of primary amides is 1. The second-order valence-corrected chi connectivity index (χ2v) is 8.50. The smallest absolute Gasteiger partial charge is 0.270 e. The van der Waals surface area contributed by atoms with E-state index in [0.717, 1.165) is 0 Å². The lowest BCUT2D eigenvalue weighted by Crippen LogP contribution is -2.27. The number of hydrogen-bond donors (Lipinski definition) is 1. The van der Waals surface area contributed by atoms with Crippen molar-refractivity contribution in [2.45, 2.75) is 6.92 Å². The molecule has 156 valence electrons. The summed E-state index contributed by atoms with van der Waals surface area (Å²) in [7, 11) is 0. The van der Waals surface area contributed by atoms with Crippen molar-refractivity contribution in [3.8, 4) is 11.5 Å². The Morgan fingerprint density at radius 1 is 1.17 bits per heavy atom. The van der Waals surface area contributed by atoms with Gasteiger partial charge in [0.05, 0.1) is 27.2 Å². The minimum atomic E-state index is -0.590. The molecular formula is C20H16Cl2N2O4S2. The van der Waals surface area contributed by atoms with Crippen LogP contribution >= 0.6 is 47.2 Å². The van der Waals surface area contributed by atoms with Gasteiger partial charge in [-0.25, -0.2) is 0 Å². The van der Waals surface area contributed by atoms with Crippen molar-refractivity contribution in [1.82, 2.24) is 0 Å². The summed E-state index contributed by atoms with van der Waals surface area (Å²) in [6, 6.07) is 9.99. The molecule has 0 radical (unpaired) electrons. The van der Waals surface area contributed by atoms with Crippen molar-refractivity contribution in [3.63, 3.8) is 0 Å². The molecule has 30 heavy (non-hydrogen) atoms. The third kappa shape index (κ3) is 5.07. The van der Waals surface area contributed by atoms with E-state index in [1.807, 2.05) is 6.92 Å². The molecule has 1 aliphatic heterocycles. The fourth-order valence-electron chi connectivity index (χ4n) is 2.62. The van der Waals surface area contributed by atoms with Gasteiger partial charge in [-0.05, 0) is 48.9 Å². The highest BCUT2D eigenvalue weighted by Crippen LogP contribution is 2.38. The molecule has 1 heterocycles. The first-order valence-electron chi connectivity index (χ1n) is 8.71. The molecule has 0 unspecified atom stereocenters. The van der Waals surface area contributed by atoms with Crippen LogP contribution < -0.4 is 20.1 Å². The molecule has 1 aliphatic rings. The molecule has 6 nitrogen and oxygen atoms in total. The fraction of sp³-hybridized carbons (Fsp3) is 0.150. The number of nitrogens with two attached hydrogens (primary N) is 1. The summed E-state index contributed by atoms with van der Waals surface area (Å²) in [5.74, 6) is -0.0356. The van der Waals surface area contributed by atoms with Crippen molar-refractivity contribution in [3.05, 3.63) is 56.9 Å². The second kappa shape index (κ2) is 9.70. The van der Waals surface area contributed by atoms with Crippen LogP contribution in [0.5, 0.6) is 11.5 Å². The lowest BCUT2D eigenvalue weighted by molar-refractivity contribution is -0.120. The van der Waals surface area contributed by atoms with Crippen LogP contribution in [0.1, 0.15) is 12.5 Å². The fourth-order valence-corrected chi connectivity index (χ4v) is 4.21. The second-order valence-electron chi connectivity index (χ2n) is 6.01. The van der Waals surface area contributed by atoms with Crippen molar-refractivity contribution < 1.29 is 19.1 Å². The number of amides is 2. The number of nitrogens with zero attached hydrogens (tertiary/aromatic N) is 1. The summed E-state index contributed by atoms with van der Waals surface area (Å²) in [5.41, 5.74) is 6.37. The first kappa shape index (κ1) is 22.4. The van der Waals surface area contributed by atoms with E-state index in [2.05, 4.69) is 0 Å². The zero-order valence-electron chi connectivity index (χ0n) is 15.7. The third-order valence-corrected chi connectivity index (χ3v) is 5.93. The van der Waals surface area contributed by atoms with Gasteiger partial charge in [-0.15, -0.1) is 0 Å². The number of ether oxygens (including phenoxy) is 2. The Hall–Kier alpha value is -2.26. The molecule has 10 heteroatoms. The first-order chi connectivity index (χ1) is 14.3. The van der Waals surface area contributed by atoms with Crippen LogP contribution in [0.25, 0.3) is 6.08 Å². The largest absolute Gasteiger partial charge is 0.490 e. The Labute approximate surface area is 192 Å². The predicted molar refractivity (Wildman–Crippen MR) is 124 cm³/mol. The number of halogens is 2. The lowest BCUT2D eigenvalue weighted by atomic mass is 10.1. The number of thioether (sulfide) groups is 1. The van der Waals surface area contributed by atoms with Crippen LogP contribution in [-0.2, 0) is 9.59 Å². The predicted octanol–water partition coefficient (Wildman–Crippen LogP) is 4.66. The minimum absolute atomic E-state index is 0.262. The van der Waals surface area contributed by atoms with Crippen molar-refractivity contribution in [1.29, 1.82) is 0 Å². The van der Waals surface area contributed by atoms with E-state index in [1.54, 1.807) is 42.5 Å². The summed E-state index contributed by atoms with van der Waals surface area (Å²) in [5, 5.41) is 0.726. The maximum Gasteiger partial charge on any atom is 0.270 e. The zero-order chi connectivity index (χ0) is 21.8. The number of carbonyl (C=O) groups is 2. The highest BCUT2D eigenvalue weighted by atomic mass is 35.5. The molecule has 2 aromatic rings. The Balaban J connectivity index is 1.88. The summed E-state index contributed by atoms with van der Waals surface area (Å²) < 4.78 is 11.3. The van der Waals surface area contributed by atoms with Crippen LogP contribution in [0.4, 0.5) is 5.69 Å². The Morgan fingerprint density at radius 3 is 2.60 bits per heavy atom. The lowest BCUT2D eigenvalue weighted by Gasteiger charge is -2.15. The number of hydrogen-bond acceptors (Lipinski definition) is 6. The molecule has 2 aromatic carbocycles.